The van der Waals surface area contributed by atoms with Crippen molar-refractivity contribution in [1.82, 2.24) is 9.97 Å². The van der Waals surface area contributed by atoms with Gasteiger partial charge in [0.1, 0.15) is 5.82 Å². The Morgan fingerprint density at radius 1 is 1.21 bits per heavy atom. The molecule has 4 nitrogen and oxygen atoms in total. The monoisotopic (exact) mass is 257 g/mol. The summed E-state index contributed by atoms with van der Waals surface area (Å²) < 4.78 is 0. The molecule has 0 aliphatic rings. The second-order valence-corrected chi connectivity index (χ2v) is 4.50. The van der Waals surface area contributed by atoms with E-state index in [1.54, 1.807) is 25.5 Å². The molecule has 0 aromatic carbocycles. The molecule has 0 bridgehead atoms. The van der Waals surface area contributed by atoms with Crippen LogP contribution in [0.3, 0.4) is 0 Å². The van der Waals surface area contributed by atoms with Crippen molar-refractivity contribution in [1.29, 1.82) is 0 Å². The van der Waals surface area contributed by atoms with Gasteiger partial charge >= 0.3 is 0 Å². The van der Waals surface area contributed by atoms with Crippen LogP contribution in [0, 0.1) is 0 Å². The molecule has 0 aliphatic carbocycles. The van der Waals surface area contributed by atoms with E-state index in [4.69, 9.17) is 0 Å². The Hall–Kier alpha value is -1.94. The second-order valence-electron chi connectivity index (χ2n) is 4.50. The van der Waals surface area contributed by atoms with Gasteiger partial charge in [-0.25, -0.2) is 4.98 Å². The van der Waals surface area contributed by atoms with E-state index >= 15 is 0 Å². The van der Waals surface area contributed by atoms with Gasteiger partial charge in [0.15, 0.2) is 0 Å². The molecule has 1 N–H and O–H groups in total. The Balaban J connectivity index is 2.13. The van der Waals surface area contributed by atoms with Crippen molar-refractivity contribution in [2.24, 2.45) is 0 Å². The van der Waals surface area contributed by atoms with Crippen molar-refractivity contribution in [2.45, 2.75) is 26.5 Å². The third-order valence-corrected chi connectivity index (χ3v) is 3.08. The van der Waals surface area contributed by atoms with Crippen LogP contribution in [0.15, 0.2) is 42.9 Å². The highest BCUT2D eigenvalue weighted by molar-refractivity contribution is 5.40. The minimum absolute atomic E-state index is 0.475. The van der Waals surface area contributed by atoms with Crippen molar-refractivity contribution in [2.75, 3.05) is 11.4 Å². The number of aromatic nitrogens is 2. The fourth-order valence-electron chi connectivity index (χ4n) is 1.90. The highest BCUT2D eigenvalue weighted by atomic mass is 16.3. The molecule has 2 aromatic rings. The Kier molecular flexibility index (Phi) is 4.47. The summed E-state index contributed by atoms with van der Waals surface area (Å²) in [4.78, 5) is 10.6. The number of aliphatic hydroxyl groups excluding tert-OH is 1. The molecule has 0 amide bonds. The van der Waals surface area contributed by atoms with E-state index in [-0.39, 0.29) is 0 Å². The molecule has 2 aromatic heterocycles. The summed E-state index contributed by atoms with van der Waals surface area (Å²) in [6, 6.07) is 7.88. The standard InChI is InChI=1S/C15H19N3O/c1-3-18(11-13-6-8-16-9-7-13)15-5-4-14(10-17-15)12(2)19/h4-10,12,19H,3,11H2,1-2H3/t12-/m1/s1. The normalized spacial score (nSPS) is 12.2. The quantitative estimate of drug-likeness (QED) is 0.894. The maximum absolute atomic E-state index is 9.49. The van der Waals surface area contributed by atoms with Gasteiger partial charge in [0.25, 0.3) is 0 Å². The number of pyridine rings is 2. The molecule has 2 rings (SSSR count). The van der Waals surface area contributed by atoms with Crippen LogP contribution >= 0.6 is 0 Å². The fraction of sp³-hybridized carbons (Fsp3) is 0.333. The lowest BCUT2D eigenvalue weighted by atomic mass is 10.2. The van der Waals surface area contributed by atoms with E-state index < -0.39 is 6.10 Å². The Morgan fingerprint density at radius 2 is 1.95 bits per heavy atom. The molecule has 19 heavy (non-hydrogen) atoms. The summed E-state index contributed by atoms with van der Waals surface area (Å²) in [5.74, 6) is 0.920. The lowest BCUT2D eigenvalue weighted by molar-refractivity contribution is 0.199. The number of nitrogens with zero attached hydrogens (tertiary/aromatic N) is 3. The van der Waals surface area contributed by atoms with Crippen molar-refractivity contribution in [3.05, 3.63) is 54.0 Å². The highest BCUT2D eigenvalue weighted by Crippen LogP contribution is 2.17. The molecule has 0 unspecified atom stereocenters. The topological polar surface area (TPSA) is 49.2 Å². The van der Waals surface area contributed by atoms with Crippen LogP contribution in [-0.2, 0) is 6.54 Å². The van der Waals surface area contributed by atoms with Gasteiger partial charge in [-0.15, -0.1) is 0 Å². The van der Waals surface area contributed by atoms with Gasteiger partial charge < -0.3 is 10.0 Å². The fourth-order valence-corrected chi connectivity index (χ4v) is 1.90. The molecule has 0 fully saturated rings. The van der Waals surface area contributed by atoms with Crippen LogP contribution in [0.2, 0.25) is 0 Å². The van der Waals surface area contributed by atoms with Crippen LogP contribution in [0.4, 0.5) is 5.82 Å². The minimum Gasteiger partial charge on any atom is -0.389 e. The number of aliphatic hydroxyl groups is 1. The predicted octanol–water partition coefficient (Wildman–Crippen LogP) is 2.56. The first-order chi connectivity index (χ1) is 9.20. The van der Waals surface area contributed by atoms with E-state index in [1.165, 1.54) is 5.56 Å². The SMILES string of the molecule is CCN(Cc1ccncc1)c1ccc([C@@H](C)O)cn1. The molecule has 0 radical (unpaired) electrons. The summed E-state index contributed by atoms with van der Waals surface area (Å²) in [6.07, 6.45) is 4.85. The van der Waals surface area contributed by atoms with Gasteiger partial charge in [-0.05, 0) is 43.2 Å². The first-order valence-corrected chi connectivity index (χ1v) is 6.48. The van der Waals surface area contributed by atoms with Crippen LogP contribution in [0.25, 0.3) is 0 Å². The first-order valence-electron chi connectivity index (χ1n) is 6.48. The van der Waals surface area contributed by atoms with Gasteiger partial charge in [0.05, 0.1) is 6.10 Å². The van der Waals surface area contributed by atoms with E-state index in [0.717, 1.165) is 24.5 Å². The molecule has 2 heterocycles. The van der Waals surface area contributed by atoms with Gasteiger partial charge in [0, 0.05) is 31.7 Å². The summed E-state index contributed by atoms with van der Waals surface area (Å²) in [7, 11) is 0. The predicted molar refractivity (Wildman–Crippen MR) is 75.8 cm³/mol. The molecular formula is C15H19N3O. The average molecular weight is 257 g/mol. The average Bonchev–Trinajstić information content (AvgIpc) is 2.46. The molecule has 100 valence electrons. The van der Waals surface area contributed by atoms with Crippen molar-refractivity contribution < 1.29 is 5.11 Å². The third-order valence-electron chi connectivity index (χ3n) is 3.08. The Morgan fingerprint density at radius 3 is 2.47 bits per heavy atom. The molecule has 1 atom stereocenters. The van der Waals surface area contributed by atoms with Crippen LogP contribution in [-0.4, -0.2) is 21.6 Å². The van der Waals surface area contributed by atoms with E-state index in [9.17, 15) is 5.11 Å². The zero-order valence-electron chi connectivity index (χ0n) is 11.3. The summed E-state index contributed by atoms with van der Waals surface area (Å²) in [5.41, 5.74) is 2.04. The number of rotatable bonds is 5. The van der Waals surface area contributed by atoms with Gasteiger partial charge in [-0.3, -0.25) is 4.98 Å². The van der Waals surface area contributed by atoms with Crippen LogP contribution < -0.4 is 4.90 Å². The van der Waals surface area contributed by atoms with Crippen LogP contribution in [0.1, 0.15) is 31.1 Å². The largest absolute Gasteiger partial charge is 0.389 e. The van der Waals surface area contributed by atoms with Gasteiger partial charge in [-0.1, -0.05) is 6.07 Å². The summed E-state index contributed by atoms with van der Waals surface area (Å²) in [5, 5.41) is 9.49. The molecule has 4 heteroatoms. The Labute approximate surface area is 113 Å². The number of hydrogen-bond donors (Lipinski definition) is 1. The maximum Gasteiger partial charge on any atom is 0.128 e. The lowest BCUT2D eigenvalue weighted by Crippen LogP contribution is -2.23. The van der Waals surface area contributed by atoms with Crippen LogP contribution in [0.5, 0.6) is 0 Å². The maximum atomic E-state index is 9.49. The molecule has 0 spiro atoms. The van der Waals surface area contributed by atoms with Gasteiger partial charge in [-0.2, -0.15) is 0 Å². The molecular weight excluding hydrogens is 238 g/mol. The van der Waals surface area contributed by atoms with Crippen molar-refractivity contribution in [3.63, 3.8) is 0 Å². The molecule has 0 saturated carbocycles. The zero-order chi connectivity index (χ0) is 13.7. The van der Waals surface area contributed by atoms with Crippen molar-refractivity contribution >= 4 is 5.82 Å². The van der Waals surface area contributed by atoms with E-state index in [2.05, 4.69) is 21.8 Å². The smallest absolute Gasteiger partial charge is 0.128 e. The highest BCUT2D eigenvalue weighted by Gasteiger charge is 2.08. The Bertz CT molecular complexity index is 497. The minimum atomic E-state index is -0.475. The second kappa shape index (κ2) is 6.29. The van der Waals surface area contributed by atoms with E-state index in [0.29, 0.717) is 0 Å². The summed E-state index contributed by atoms with van der Waals surface area (Å²) in [6.45, 7) is 5.53. The molecule has 0 saturated heterocycles. The van der Waals surface area contributed by atoms with Crippen molar-refractivity contribution in [3.8, 4) is 0 Å². The number of hydrogen-bond acceptors (Lipinski definition) is 4. The van der Waals surface area contributed by atoms with Gasteiger partial charge in [0.2, 0.25) is 0 Å². The number of anilines is 1. The summed E-state index contributed by atoms with van der Waals surface area (Å²) >= 11 is 0. The third kappa shape index (κ3) is 3.51. The molecule has 0 aliphatic heterocycles. The van der Waals surface area contributed by atoms with E-state index in [1.807, 2.05) is 24.3 Å². The zero-order valence-corrected chi connectivity index (χ0v) is 11.3. The first kappa shape index (κ1) is 13.5. The lowest BCUT2D eigenvalue weighted by Gasteiger charge is -2.22.